The molecule has 0 fully saturated rings. The fourth-order valence-corrected chi connectivity index (χ4v) is 1.68. The van der Waals surface area contributed by atoms with Crippen LogP contribution in [0.25, 0.3) is 0 Å². The van der Waals surface area contributed by atoms with Gasteiger partial charge in [0.1, 0.15) is 5.69 Å². The van der Waals surface area contributed by atoms with E-state index < -0.39 is 5.97 Å². The summed E-state index contributed by atoms with van der Waals surface area (Å²) in [5, 5.41) is 12.6. The minimum Gasteiger partial charge on any atom is -0.477 e. The van der Waals surface area contributed by atoms with Crippen molar-refractivity contribution in [1.82, 2.24) is 4.98 Å². The highest BCUT2D eigenvalue weighted by molar-refractivity contribution is 6.30. The van der Waals surface area contributed by atoms with E-state index in [-0.39, 0.29) is 5.69 Å². The predicted octanol–water partition coefficient (Wildman–Crippen LogP) is 3.49. The average molecular weight is 263 g/mol. The average Bonchev–Trinajstić information content (AvgIpc) is 2.34. The Morgan fingerprint density at radius 3 is 2.83 bits per heavy atom. The van der Waals surface area contributed by atoms with E-state index in [0.29, 0.717) is 10.7 Å². The Balaban J connectivity index is 2.31. The lowest BCUT2D eigenvalue weighted by molar-refractivity contribution is 0.0690. The maximum absolute atomic E-state index is 10.8. The molecule has 2 N–H and O–H groups in total. The van der Waals surface area contributed by atoms with Crippen molar-refractivity contribution in [3.05, 3.63) is 52.8 Å². The Bertz CT molecular complexity index is 599. The van der Waals surface area contributed by atoms with Crippen LogP contribution in [-0.4, -0.2) is 16.1 Å². The standard InChI is InChI=1S/C13H11ClN2O2/c1-8-2-3-9(14)6-11(8)16-10-4-5-15-12(7-10)13(17)18/h2-7H,1H3,(H,15,16)(H,17,18). The molecule has 1 heterocycles. The number of hydrogen-bond donors (Lipinski definition) is 2. The molecular formula is C13H11ClN2O2. The second kappa shape index (κ2) is 5.06. The highest BCUT2D eigenvalue weighted by atomic mass is 35.5. The zero-order valence-corrected chi connectivity index (χ0v) is 10.4. The molecule has 0 radical (unpaired) electrons. The molecule has 0 saturated heterocycles. The molecule has 0 bridgehead atoms. The summed E-state index contributed by atoms with van der Waals surface area (Å²) in [7, 11) is 0. The van der Waals surface area contributed by atoms with E-state index in [0.717, 1.165) is 11.3 Å². The lowest BCUT2D eigenvalue weighted by Gasteiger charge is -2.10. The van der Waals surface area contributed by atoms with Crippen molar-refractivity contribution >= 4 is 28.9 Å². The van der Waals surface area contributed by atoms with Gasteiger partial charge in [0.05, 0.1) is 0 Å². The van der Waals surface area contributed by atoms with Crippen molar-refractivity contribution in [2.45, 2.75) is 6.92 Å². The SMILES string of the molecule is Cc1ccc(Cl)cc1Nc1ccnc(C(=O)O)c1. The number of nitrogens with zero attached hydrogens (tertiary/aromatic N) is 1. The number of aryl methyl sites for hydroxylation is 1. The molecule has 92 valence electrons. The number of rotatable bonds is 3. The lowest BCUT2D eigenvalue weighted by Crippen LogP contribution is -2.01. The van der Waals surface area contributed by atoms with Crippen molar-refractivity contribution in [3.63, 3.8) is 0 Å². The molecule has 0 aliphatic carbocycles. The van der Waals surface area contributed by atoms with Crippen LogP contribution in [0.15, 0.2) is 36.5 Å². The number of carboxylic acid groups (broad SMARTS) is 1. The third-order valence-corrected chi connectivity index (χ3v) is 2.69. The Kier molecular flexibility index (Phi) is 3.48. The summed E-state index contributed by atoms with van der Waals surface area (Å²) in [4.78, 5) is 14.6. The normalized spacial score (nSPS) is 10.1. The fourth-order valence-electron chi connectivity index (χ4n) is 1.51. The van der Waals surface area contributed by atoms with Gasteiger partial charge in [0.25, 0.3) is 0 Å². The Morgan fingerprint density at radius 1 is 1.33 bits per heavy atom. The van der Waals surface area contributed by atoms with Crippen LogP contribution < -0.4 is 5.32 Å². The van der Waals surface area contributed by atoms with Crippen LogP contribution in [0.4, 0.5) is 11.4 Å². The number of anilines is 2. The molecule has 0 unspecified atom stereocenters. The van der Waals surface area contributed by atoms with Gasteiger partial charge in [-0.3, -0.25) is 0 Å². The van der Waals surface area contributed by atoms with Gasteiger partial charge in [-0.2, -0.15) is 0 Å². The molecule has 2 rings (SSSR count). The summed E-state index contributed by atoms with van der Waals surface area (Å²) in [6, 6.07) is 8.66. The number of nitrogens with one attached hydrogen (secondary N) is 1. The maximum atomic E-state index is 10.8. The van der Waals surface area contributed by atoms with Crippen LogP contribution in [0, 0.1) is 6.92 Å². The summed E-state index contributed by atoms with van der Waals surface area (Å²) >= 11 is 5.92. The third kappa shape index (κ3) is 2.78. The highest BCUT2D eigenvalue weighted by Gasteiger charge is 2.06. The quantitative estimate of drug-likeness (QED) is 0.889. The summed E-state index contributed by atoms with van der Waals surface area (Å²) in [6.07, 6.45) is 1.45. The number of carboxylic acids is 1. The van der Waals surface area contributed by atoms with Crippen molar-refractivity contribution in [1.29, 1.82) is 0 Å². The van der Waals surface area contributed by atoms with E-state index in [1.165, 1.54) is 12.3 Å². The number of pyridine rings is 1. The van der Waals surface area contributed by atoms with Gasteiger partial charge in [0, 0.05) is 22.6 Å². The van der Waals surface area contributed by atoms with E-state index >= 15 is 0 Å². The first kappa shape index (κ1) is 12.4. The maximum Gasteiger partial charge on any atom is 0.354 e. The molecule has 5 heteroatoms. The fraction of sp³-hybridized carbons (Fsp3) is 0.0769. The van der Waals surface area contributed by atoms with Gasteiger partial charge in [-0.05, 0) is 36.8 Å². The van der Waals surface area contributed by atoms with E-state index in [2.05, 4.69) is 10.3 Å². The van der Waals surface area contributed by atoms with Gasteiger partial charge in [-0.25, -0.2) is 9.78 Å². The zero-order valence-electron chi connectivity index (χ0n) is 9.64. The van der Waals surface area contributed by atoms with Crippen LogP contribution >= 0.6 is 11.6 Å². The third-order valence-electron chi connectivity index (χ3n) is 2.46. The van der Waals surface area contributed by atoms with E-state index in [1.807, 2.05) is 13.0 Å². The van der Waals surface area contributed by atoms with Crippen LogP contribution in [0.1, 0.15) is 16.1 Å². The Hall–Kier alpha value is -2.07. The van der Waals surface area contributed by atoms with Crippen LogP contribution in [-0.2, 0) is 0 Å². The molecule has 1 aromatic heterocycles. The number of aromatic carboxylic acids is 1. The van der Waals surface area contributed by atoms with Gasteiger partial charge in [-0.15, -0.1) is 0 Å². The minimum absolute atomic E-state index is 0.000295. The van der Waals surface area contributed by atoms with E-state index in [4.69, 9.17) is 16.7 Å². The first-order valence-corrected chi connectivity index (χ1v) is 5.66. The van der Waals surface area contributed by atoms with Crippen molar-refractivity contribution < 1.29 is 9.90 Å². The molecule has 4 nitrogen and oxygen atoms in total. The molecule has 1 aromatic carbocycles. The molecule has 0 aliphatic rings. The first-order chi connectivity index (χ1) is 8.56. The number of aromatic nitrogens is 1. The first-order valence-electron chi connectivity index (χ1n) is 5.29. The van der Waals surface area contributed by atoms with Crippen molar-refractivity contribution in [2.24, 2.45) is 0 Å². The lowest BCUT2D eigenvalue weighted by atomic mass is 10.2. The van der Waals surface area contributed by atoms with Crippen LogP contribution in [0.2, 0.25) is 5.02 Å². The monoisotopic (exact) mass is 262 g/mol. The molecule has 0 spiro atoms. The van der Waals surface area contributed by atoms with Gasteiger partial charge < -0.3 is 10.4 Å². The van der Waals surface area contributed by atoms with Crippen molar-refractivity contribution in [3.8, 4) is 0 Å². The smallest absolute Gasteiger partial charge is 0.354 e. The topological polar surface area (TPSA) is 62.2 Å². The predicted molar refractivity (Wildman–Crippen MR) is 70.7 cm³/mol. The van der Waals surface area contributed by atoms with Gasteiger partial charge in [0.15, 0.2) is 0 Å². The minimum atomic E-state index is -1.05. The van der Waals surface area contributed by atoms with Crippen LogP contribution in [0.3, 0.4) is 0 Å². The van der Waals surface area contributed by atoms with E-state index in [9.17, 15) is 4.79 Å². The highest BCUT2D eigenvalue weighted by Crippen LogP contribution is 2.24. The largest absolute Gasteiger partial charge is 0.477 e. The van der Waals surface area contributed by atoms with Gasteiger partial charge in [0.2, 0.25) is 0 Å². The molecule has 0 amide bonds. The summed E-state index contributed by atoms with van der Waals surface area (Å²) < 4.78 is 0. The Morgan fingerprint density at radius 2 is 2.11 bits per heavy atom. The molecular weight excluding hydrogens is 252 g/mol. The Labute approximate surface area is 109 Å². The number of benzene rings is 1. The molecule has 0 aliphatic heterocycles. The summed E-state index contributed by atoms with van der Waals surface area (Å²) in [6.45, 7) is 1.94. The molecule has 0 atom stereocenters. The van der Waals surface area contributed by atoms with E-state index in [1.54, 1.807) is 18.2 Å². The van der Waals surface area contributed by atoms with Gasteiger partial charge in [-0.1, -0.05) is 17.7 Å². The molecule has 2 aromatic rings. The van der Waals surface area contributed by atoms with Crippen molar-refractivity contribution in [2.75, 3.05) is 5.32 Å². The second-order valence-electron chi connectivity index (χ2n) is 3.82. The number of carbonyl (C=O) groups is 1. The second-order valence-corrected chi connectivity index (χ2v) is 4.26. The zero-order chi connectivity index (χ0) is 13.1. The molecule has 0 saturated carbocycles. The summed E-state index contributed by atoms with van der Waals surface area (Å²) in [5.41, 5.74) is 2.52. The van der Waals surface area contributed by atoms with Crippen LogP contribution in [0.5, 0.6) is 0 Å². The number of halogens is 1. The number of hydrogen-bond acceptors (Lipinski definition) is 3. The summed E-state index contributed by atoms with van der Waals surface area (Å²) in [5.74, 6) is -1.05. The van der Waals surface area contributed by atoms with Gasteiger partial charge >= 0.3 is 5.97 Å². The molecule has 18 heavy (non-hydrogen) atoms.